The van der Waals surface area contributed by atoms with Crippen LogP contribution in [-0.2, 0) is 14.3 Å². The summed E-state index contributed by atoms with van der Waals surface area (Å²) in [5.41, 5.74) is -0.0452. The summed E-state index contributed by atoms with van der Waals surface area (Å²) in [6.07, 6.45) is 3.57. The number of aliphatic hydroxyl groups is 1. The van der Waals surface area contributed by atoms with Crippen LogP contribution in [0.1, 0.15) is 43.5 Å². The maximum Gasteiger partial charge on any atom is 0.338 e. The molecule has 0 spiro atoms. The molecule has 2 aliphatic carbocycles. The SMILES string of the molecule is C[C@]1(CO)CCC[C@@]2(C)C1C(OC(=O)c1ccc(N([O-])O)cc1)C=C1C(=O)OC[C@@H]12. The molecule has 4 rings (SSSR count). The number of hydrogen-bond donors (Lipinski definition) is 2. The topological polar surface area (TPSA) is 119 Å². The quantitative estimate of drug-likeness (QED) is 0.568. The first kappa shape index (κ1) is 20.8. The lowest BCUT2D eigenvalue weighted by Gasteiger charge is -2.57. The van der Waals surface area contributed by atoms with E-state index in [1.807, 2.05) is 6.92 Å². The van der Waals surface area contributed by atoms with E-state index < -0.39 is 17.5 Å². The summed E-state index contributed by atoms with van der Waals surface area (Å²) in [5.74, 6) is -1.23. The predicted octanol–water partition coefficient (Wildman–Crippen LogP) is 2.82. The van der Waals surface area contributed by atoms with Gasteiger partial charge in [-0.3, -0.25) is 5.21 Å². The van der Waals surface area contributed by atoms with Crippen LogP contribution in [-0.4, -0.2) is 41.6 Å². The lowest BCUT2D eigenvalue weighted by molar-refractivity contribution is -0.135. The van der Waals surface area contributed by atoms with E-state index in [4.69, 9.17) is 14.7 Å². The molecule has 1 aromatic rings. The minimum Gasteiger partial charge on any atom is -0.733 e. The van der Waals surface area contributed by atoms with Crippen LogP contribution in [0.15, 0.2) is 35.9 Å². The number of aliphatic hydroxyl groups excluding tert-OH is 1. The Labute approximate surface area is 174 Å². The highest BCUT2D eigenvalue weighted by Gasteiger charge is 2.61. The molecular weight excluding hydrogens is 390 g/mol. The second kappa shape index (κ2) is 7.37. The fourth-order valence-electron chi connectivity index (χ4n) is 5.82. The highest BCUT2D eigenvalue weighted by molar-refractivity contribution is 5.92. The number of anilines is 1. The fraction of sp³-hybridized carbons (Fsp3) is 0.545. The Morgan fingerprint density at radius 2 is 2.00 bits per heavy atom. The predicted molar refractivity (Wildman–Crippen MR) is 106 cm³/mol. The Morgan fingerprint density at radius 1 is 1.30 bits per heavy atom. The summed E-state index contributed by atoms with van der Waals surface area (Å²) < 4.78 is 11.2. The van der Waals surface area contributed by atoms with Gasteiger partial charge in [-0.05, 0) is 54.0 Å². The van der Waals surface area contributed by atoms with Crippen LogP contribution in [0.3, 0.4) is 0 Å². The molecule has 5 atom stereocenters. The smallest absolute Gasteiger partial charge is 0.338 e. The van der Waals surface area contributed by atoms with Crippen molar-refractivity contribution in [3.05, 3.63) is 46.7 Å². The largest absolute Gasteiger partial charge is 0.733 e. The Bertz CT molecular complexity index is 880. The van der Waals surface area contributed by atoms with Gasteiger partial charge in [0.2, 0.25) is 0 Å². The standard InChI is InChI=1S/C22H26NO7/c1-21(12-24)8-3-9-22(2)16-11-29-20(26)15(16)10-17(18(21)22)30-19(25)13-4-6-14(7-5-13)23(27)28/h4-7,10,16-18,24,27H,3,8-9,11-12H2,1-2H3/q-1/t16-,17?,18?,21+,22+/m0/s1. The van der Waals surface area contributed by atoms with Gasteiger partial charge in [0.15, 0.2) is 0 Å². The zero-order valence-electron chi connectivity index (χ0n) is 17.0. The Morgan fingerprint density at radius 3 is 2.63 bits per heavy atom. The Kier molecular flexibility index (Phi) is 5.12. The van der Waals surface area contributed by atoms with Crippen molar-refractivity contribution in [2.45, 2.75) is 39.2 Å². The number of esters is 2. The molecule has 0 amide bonds. The molecule has 2 fully saturated rings. The molecule has 3 aliphatic rings. The molecule has 1 heterocycles. The number of hydrogen-bond acceptors (Lipinski definition) is 8. The van der Waals surface area contributed by atoms with Gasteiger partial charge in [0, 0.05) is 24.0 Å². The number of carbonyl (C=O) groups excluding carboxylic acids is 2. The lowest BCUT2D eigenvalue weighted by atomic mass is 9.48. The molecule has 162 valence electrons. The number of ether oxygens (including phenoxy) is 2. The van der Waals surface area contributed by atoms with E-state index in [1.165, 1.54) is 24.3 Å². The van der Waals surface area contributed by atoms with E-state index in [2.05, 4.69) is 6.92 Å². The van der Waals surface area contributed by atoms with Gasteiger partial charge in [-0.2, -0.15) is 0 Å². The third-order valence-corrected chi connectivity index (χ3v) is 7.31. The first-order valence-corrected chi connectivity index (χ1v) is 10.2. The van der Waals surface area contributed by atoms with Gasteiger partial charge >= 0.3 is 11.9 Å². The van der Waals surface area contributed by atoms with Crippen molar-refractivity contribution < 1.29 is 29.4 Å². The van der Waals surface area contributed by atoms with Crippen LogP contribution in [0.5, 0.6) is 0 Å². The van der Waals surface area contributed by atoms with Crippen molar-refractivity contribution in [2.24, 2.45) is 22.7 Å². The third kappa shape index (κ3) is 3.19. The molecule has 2 unspecified atom stereocenters. The minimum absolute atomic E-state index is 0.00408. The van der Waals surface area contributed by atoms with Crippen LogP contribution in [0.2, 0.25) is 0 Å². The molecule has 1 saturated heterocycles. The number of fused-ring (bicyclic) bond motifs is 3. The number of benzene rings is 1. The summed E-state index contributed by atoms with van der Waals surface area (Å²) in [6.45, 7) is 4.38. The van der Waals surface area contributed by atoms with Gasteiger partial charge < -0.3 is 25.0 Å². The monoisotopic (exact) mass is 416 g/mol. The highest BCUT2D eigenvalue weighted by atomic mass is 16.8. The number of rotatable bonds is 4. The summed E-state index contributed by atoms with van der Waals surface area (Å²) >= 11 is 0. The Balaban J connectivity index is 1.69. The molecule has 8 nitrogen and oxygen atoms in total. The molecule has 0 aromatic heterocycles. The molecule has 30 heavy (non-hydrogen) atoms. The summed E-state index contributed by atoms with van der Waals surface area (Å²) in [6, 6.07) is 5.42. The summed E-state index contributed by atoms with van der Waals surface area (Å²) in [4.78, 5) is 25.2. The molecule has 0 radical (unpaired) electrons. The van der Waals surface area contributed by atoms with Gasteiger partial charge in [0.05, 0.1) is 17.9 Å². The normalized spacial score (nSPS) is 35.0. The zero-order valence-corrected chi connectivity index (χ0v) is 17.0. The molecule has 2 N–H and O–H groups in total. The molecule has 8 heteroatoms. The molecule has 1 aromatic carbocycles. The second-order valence-electron chi connectivity index (χ2n) is 9.11. The minimum atomic E-state index is -0.689. The van der Waals surface area contributed by atoms with Crippen LogP contribution in [0.25, 0.3) is 0 Å². The molecule has 1 aliphatic heterocycles. The van der Waals surface area contributed by atoms with Crippen LogP contribution in [0.4, 0.5) is 5.69 Å². The lowest BCUT2D eigenvalue weighted by Crippen LogP contribution is -2.57. The number of carbonyl (C=O) groups is 2. The van der Waals surface area contributed by atoms with Crippen molar-refractivity contribution in [1.29, 1.82) is 0 Å². The number of cyclic esters (lactones) is 1. The van der Waals surface area contributed by atoms with Gasteiger partial charge in [-0.25, -0.2) is 9.59 Å². The van der Waals surface area contributed by atoms with E-state index in [1.54, 1.807) is 6.08 Å². The average Bonchev–Trinajstić information content (AvgIpc) is 3.09. The molecular formula is C22H26NO7-. The van der Waals surface area contributed by atoms with Crippen molar-refractivity contribution in [1.82, 2.24) is 0 Å². The zero-order chi connectivity index (χ0) is 21.7. The maximum atomic E-state index is 12.9. The van der Waals surface area contributed by atoms with E-state index in [0.29, 0.717) is 12.2 Å². The first-order valence-electron chi connectivity index (χ1n) is 10.2. The van der Waals surface area contributed by atoms with Crippen molar-refractivity contribution in [3.63, 3.8) is 0 Å². The average molecular weight is 416 g/mol. The number of nitrogens with zero attached hydrogens (tertiary/aromatic N) is 1. The van der Waals surface area contributed by atoms with Gasteiger partial charge in [0.1, 0.15) is 6.10 Å². The molecule has 0 bridgehead atoms. The van der Waals surface area contributed by atoms with E-state index in [-0.39, 0.29) is 46.3 Å². The van der Waals surface area contributed by atoms with Crippen LogP contribution in [0, 0.1) is 27.9 Å². The van der Waals surface area contributed by atoms with Crippen molar-refractivity contribution >= 4 is 17.6 Å². The van der Waals surface area contributed by atoms with Crippen LogP contribution < -0.4 is 5.23 Å². The van der Waals surface area contributed by atoms with E-state index in [9.17, 15) is 19.9 Å². The Hall–Kier alpha value is -2.42. The van der Waals surface area contributed by atoms with E-state index in [0.717, 1.165) is 19.3 Å². The van der Waals surface area contributed by atoms with Gasteiger partial charge in [-0.15, -0.1) is 0 Å². The fourth-order valence-corrected chi connectivity index (χ4v) is 5.82. The van der Waals surface area contributed by atoms with Gasteiger partial charge in [0.25, 0.3) is 0 Å². The third-order valence-electron chi connectivity index (χ3n) is 7.31. The summed E-state index contributed by atoms with van der Waals surface area (Å²) in [5, 5.41) is 29.9. The van der Waals surface area contributed by atoms with Crippen molar-refractivity contribution in [3.8, 4) is 0 Å². The first-order chi connectivity index (χ1) is 14.2. The van der Waals surface area contributed by atoms with Crippen LogP contribution >= 0.6 is 0 Å². The summed E-state index contributed by atoms with van der Waals surface area (Å²) in [7, 11) is 0. The highest BCUT2D eigenvalue weighted by Crippen LogP contribution is 2.61. The van der Waals surface area contributed by atoms with E-state index >= 15 is 0 Å². The maximum absolute atomic E-state index is 12.9. The van der Waals surface area contributed by atoms with Crippen molar-refractivity contribution in [2.75, 3.05) is 18.4 Å². The van der Waals surface area contributed by atoms with Gasteiger partial charge in [-0.1, -0.05) is 20.3 Å². The second-order valence-corrected chi connectivity index (χ2v) is 9.11. The molecule has 1 saturated carbocycles.